The molecule has 0 aliphatic heterocycles. The molecule has 18 heavy (non-hydrogen) atoms. The maximum atomic E-state index is 12.1. The molecule has 0 heterocycles. The molecule has 2 N–H and O–H groups in total. The first kappa shape index (κ1) is 14.4. The summed E-state index contributed by atoms with van der Waals surface area (Å²) >= 11 is 0. The zero-order valence-electron chi connectivity index (χ0n) is 11.5. The first-order valence-electron chi connectivity index (χ1n) is 6.50. The van der Waals surface area contributed by atoms with Crippen molar-refractivity contribution in [3.05, 3.63) is 24.3 Å². The fourth-order valence-corrected chi connectivity index (χ4v) is 1.91. The van der Waals surface area contributed by atoms with Crippen molar-refractivity contribution >= 4 is 17.3 Å². The van der Waals surface area contributed by atoms with E-state index in [1.165, 1.54) is 0 Å². The molecular formula is C14H23N3O. The molecule has 0 spiro atoms. The number of nitrogens with zero attached hydrogens (tertiary/aromatic N) is 2. The van der Waals surface area contributed by atoms with Gasteiger partial charge in [0.05, 0.1) is 6.54 Å². The van der Waals surface area contributed by atoms with Crippen molar-refractivity contribution in [2.75, 3.05) is 36.8 Å². The summed E-state index contributed by atoms with van der Waals surface area (Å²) in [4.78, 5) is 16.0. The molecule has 0 aliphatic rings. The van der Waals surface area contributed by atoms with Crippen LogP contribution in [0.2, 0.25) is 0 Å². The van der Waals surface area contributed by atoms with Crippen molar-refractivity contribution in [2.24, 2.45) is 0 Å². The van der Waals surface area contributed by atoms with Crippen molar-refractivity contribution in [2.45, 2.75) is 20.8 Å². The largest absolute Gasteiger partial charge is 0.399 e. The van der Waals surface area contributed by atoms with Crippen LogP contribution in [0.25, 0.3) is 0 Å². The lowest BCUT2D eigenvalue weighted by Crippen LogP contribution is -2.40. The van der Waals surface area contributed by atoms with E-state index in [4.69, 9.17) is 5.73 Å². The summed E-state index contributed by atoms with van der Waals surface area (Å²) in [5.41, 5.74) is 7.44. The second-order valence-electron chi connectivity index (χ2n) is 4.17. The number of carbonyl (C=O) groups excluding carboxylic acids is 1. The number of hydrogen-bond acceptors (Lipinski definition) is 3. The van der Waals surface area contributed by atoms with Crippen LogP contribution in [-0.4, -0.2) is 37.0 Å². The Morgan fingerprint density at radius 2 is 1.61 bits per heavy atom. The zero-order valence-corrected chi connectivity index (χ0v) is 11.5. The minimum atomic E-state index is 0.165. The lowest BCUT2D eigenvalue weighted by molar-refractivity contribution is -0.129. The van der Waals surface area contributed by atoms with Crippen molar-refractivity contribution in [1.29, 1.82) is 0 Å². The maximum absolute atomic E-state index is 12.1. The number of carbonyl (C=O) groups is 1. The van der Waals surface area contributed by atoms with Crippen molar-refractivity contribution < 1.29 is 4.79 Å². The lowest BCUT2D eigenvalue weighted by Gasteiger charge is -2.26. The number of likely N-dealkylation sites (N-methyl/N-ethyl adjacent to an activating group) is 2. The molecule has 0 atom stereocenters. The third kappa shape index (κ3) is 3.65. The molecular weight excluding hydrogens is 226 g/mol. The Kier molecular flexibility index (Phi) is 5.49. The normalized spacial score (nSPS) is 10.2. The number of hydrogen-bond donors (Lipinski definition) is 1. The Hall–Kier alpha value is -1.71. The molecule has 0 aliphatic carbocycles. The van der Waals surface area contributed by atoms with Gasteiger partial charge in [-0.3, -0.25) is 4.79 Å². The van der Waals surface area contributed by atoms with Gasteiger partial charge in [0.25, 0.3) is 0 Å². The SMILES string of the molecule is CCN(CC)C(=O)CN(CC)c1ccc(N)cc1. The van der Waals surface area contributed by atoms with Gasteiger partial charge in [0.15, 0.2) is 0 Å². The molecule has 1 amide bonds. The summed E-state index contributed by atoms with van der Waals surface area (Å²) in [7, 11) is 0. The van der Waals surface area contributed by atoms with E-state index >= 15 is 0 Å². The van der Waals surface area contributed by atoms with E-state index < -0.39 is 0 Å². The van der Waals surface area contributed by atoms with Crippen LogP contribution in [0.4, 0.5) is 11.4 Å². The molecule has 0 saturated carbocycles. The maximum Gasteiger partial charge on any atom is 0.242 e. The van der Waals surface area contributed by atoms with Crippen LogP contribution in [0.3, 0.4) is 0 Å². The van der Waals surface area contributed by atoms with Gasteiger partial charge in [-0.1, -0.05) is 0 Å². The van der Waals surface area contributed by atoms with E-state index in [2.05, 4.69) is 4.90 Å². The van der Waals surface area contributed by atoms with Crippen LogP contribution in [0.15, 0.2) is 24.3 Å². The minimum Gasteiger partial charge on any atom is -0.399 e. The Balaban J connectivity index is 2.73. The van der Waals surface area contributed by atoms with Crippen molar-refractivity contribution in [3.8, 4) is 0 Å². The molecule has 0 aromatic heterocycles. The van der Waals surface area contributed by atoms with Gasteiger partial charge in [0.1, 0.15) is 0 Å². The predicted molar refractivity (Wildman–Crippen MR) is 76.7 cm³/mol. The average molecular weight is 249 g/mol. The van der Waals surface area contributed by atoms with Gasteiger partial charge in [-0.2, -0.15) is 0 Å². The molecule has 0 saturated heterocycles. The molecule has 1 aromatic rings. The fourth-order valence-electron chi connectivity index (χ4n) is 1.91. The summed E-state index contributed by atoms with van der Waals surface area (Å²) in [5.74, 6) is 0.165. The van der Waals surface area contributed by atoms with Gasteiger partial charge in [-0.05, 0) is 45.0 Å². The molecule has 100 valence electrons. The number of amides is 1. The summed E-state index contributed by atoms with van der Waals surface area (Å²) in [6.45, 7) is 8.79. The Labute approximate surface area is 109 Å². The second-order valence-corrected chi connectivity index (χ2v) is 4.17. The fraction of sp³-hybridized carbons (Fsp3) is 0.500. The van der Waals surface area contributed by atoms with E-state index in [-0.39, 0.29) is 5.91 Å². The smallest absolute Gasteiger partial charge is 0.242 e. The van der Waals surface area contributed by atoms with Crippen LogP contribution in [0.5, 0.6) is 0 Å². The van der Waals surface area contributed by atoms with E-state index in [1.54, 1.807) is 0 Å². The molecule has 4 heteroatoms. The second kappa shape index (κ2) is 6.89. The van der Waals surface area contributed by atoms with Gasteiger partial charge in [0.2, 0.25) is 5.91 Å². The number of nitrogens with two attached hydrogens (primary N) is 1. The van der Waals surface area contributed by atoms with E-state index in [1.807, 2.05) is 49.9 Å². The Morgan fingerprint density at radius 3 is 2.06 bits per heavy atom. The van der Waals surface area contributed by atoms with Crippen LogP contribution in [0, 0.1) is 0 Å². The Bertz CT molecular complexity index is 371. The highest BCUT2D eigenvalue weighted by Crippen LogP contribution is 2.16. The highest BCUT2D eigenvalue weighted by molar-refractivity contribution is 5.81. The third-order valence-corrected chi connectivity index (χ3v) is 3.08. The number of anilines is 2. The molecule has 0 fully saturated rings. The first-order valence-corrected chi connectivity index (χ1v) is 6.50. The van der Waals surface area contributed by atoms with E-state index in [9.17, 15) is 4.79 Å². The molecule has 1 aromatic carbocycles. The molecule has 1 rings (SSSR count). The molecule has 0 bridgehead atoms. The minimum absolute atomic E-state index is 0.165. The highest BCUT2D eigenvalue weighted by Gasteiger charge is 2.14. The van der Waals surface area contributed by atoms with Crippen LogP contribution in [-0.2, 0) is 4.79 Å². The number of benzene rings is 1. The van der Waals surface area contributed by atoms with Gasteiger partial charge in [-0.25, -0.2) is 0 Å². The van der Waals surface area contributed by atoms with Gasteiger partial charge in [-0.15, -0.1) is 0 Å². The molecule has 0 unspecified atom stereocenters. The van der Waals surface area contributed by atoms with Crippen molar-refractivity contribution in [3.63, 3.8) is 0 Å². The summed E-state index contributed by atoms with van der Waals surface area (Å²) in [5, 5.41) is 0. The average Bonchev–Trinajstić information content (AvgIpc) is 2.38. The van der Waals surface area contributed by atoms with E-state index in [0.29, 0.717) is 6.54 Å². The number of rotatable bonds is 6. The van der Waals surface area contributed by atoms with Crippen molar-refractivity contribution in [1.82, 2.24) is 4.90 Å². The first-order chi connectivity index (χ1) is 8.62. The van der Waals surface area contributed by atoms with Crippen LogP contribution >= 0.6 is 0 Å². The quantitative estimate of drug-likeness (QED) is 0.784. The summed E-state index contributed by atoms with van der Waals surface area (Å²) in [6.07, 6.45) is 0. The third-order valence-electron chi connectivity index (χ3n) is 3.08. The van der Waals surface area contributed by atoms with Crippen LogP contribution < -0.4 is 10.6 Å². The zero-order chi connectivity index (χ0) is 13.5. The van der Waals surface area contributed by atoms with Gasteiger partial charge in [0, 0.05) is 31.0 Å². The van der Waals surface area contributed by atoms with Gasteiger partial charge >= 0.3 is 0 Å². The van der Waals surface area contributed by atoms with Gasteiger partial charge < -0.3 is 15.5 Å². The molecule has 4 nitrogen and oxygen atoms in total. The predicted octanol–water partition coefficient (Wildman–Crippen LogP) is 1.96. The summed E-state index contributed by atoms with van der Waals surface area (Å²) < 4.78 is 0. The molecule has 0 radical (unpaired) electrons. The standard InChI is InChI=1S/C14H23N3O/c1-4-16(5-2)14(18)11-17(6-3)13-9-7-12(15)8-10-13/h7-10H,4-6,11,15H2,1-3H3. The Morgan fingerprint density at radius 1 is 1.06 bits per heavy atom. The number of nitrogen functional groups attached to an aromatic ring is 1. The van der Waals surface area contributed by atoms with Crippen LogP contribution in [0.1, 0.15) is 20.8 Å². The topological polar surface area (TPSA) is 49.6 Å². The van der Waals surface area contributed by atoms with E-state index in [0.717, 1.165) is 31.0 Å². The summed E-state index contributed by atoms with van der Waals surface area (Å²) in [6, 6.07) is 7.63. The highest BCUT2D eigenvalue weighted by atomic mass is 16.2. The lowest BCUT2D eigenvalue weighted by atomic mass is 10.2. The monoisotopic (exact) mass is 249 g/mol.